The van der Waals surface area contributed by atoms with Crippen molar-refractivity contribution < 1.29 is 28.1 Å². The Hall–Kier alpha value is 0.603. The predicted molar refractivity (Wildman–Crippen MR) is 340 cm³/mol. The summed E-state index contributed by atoms with van der Waals surface area (Å²) >= 11 is -5.13. The molecule has 0 atom stereocenters. The summed E-state index contributed by atoms with van der Waals surface area (Å²) in [6.45, 7) is 10.6. The van der Waals surface area contributed by atoms with E-state index in [0.29, 0.717) is 13.2 Å². The van der Waals surface area contributed by atoms with Crippen molar-refractivity contribution in [2.75, 3.05) is 13.2 Å². The molecule has 0 fully saturated rings. The van der Waals surface area contributed by atoms with Gasteiger partial charge in [0, 0.05) is 0 Å². The molecule has 0 bridgehead atoms. The van der Waals surface area contributed by atoms with Gasteiger partial charge >= 0.3 is 319 Å². The van der Waals surface area contributed by atoms with Gasteiger partial charge in [0.25, 0.3) is 0 Å². The smallest absolute Gasteiger partial charge is 0.0654 e. The third kappa shape index (κ3) is 59.2. The molecule has 3 nitrogen and oxygen atoms in total. The first-order chi connectivity index (χ1) is 37.5. The van der Waals surface area contributed by atoms with E-state index in [1.807, 2.05) is 0 Å². The van der Waals surface area contributed by atoms with Crippen LogP contribution in [0.4, 0.5) is 0 Å². The van der Waals surface area contributed by atoms with Gasteiger partial charge in [0.1, 0.15) is 0 Å². The quantitative estimate of drug-likeness (QED) is 0.0570. The van der Waals surface area contributed by atoms with E-state index in [9.17, 15) is 0 Å². The van der Waals surface area contributed by atoms with Gasteiger partial charge < -0.3 is 0 Å². The molecule has 0 radical (unpaired) electrons. The minimum Gasteiger partial charge on any atom is -0.0654 e. The monoisotopic (exact) mass is 1150 g/mol. The molecule has 0 heterocycles. The van der Waals surface area contributed by atoms with E-state index in [1.165, 1.54) is 385 Å². The van der Waals surface area contributed by atoms with Crippen molar-refractivity contribution in [3.8, 4) is 0 Å². The SMILES string of the molecule is CCCCCCCCCCCCCCCCCC[O][Zr](=[O])([CH2]CCCCCCCCCCCCCCCCC)([CH2]CCCCCCCCCCCCCCCCC)[O]CCCCCCCCCCCCCCCCCC. The van der Waals surface area contributed by atoms with Crippen LogP contribution in [0.2, 0.25) is 8.26 Å². The second-order valence-corrected chi connectivity index (χ2v) is 36.4. The molecule has 458 valence electrons. The van der Waals surface area contributed by atoms with Crippen molar-refractivity contribution in [1.29, 1.82) is 0 Å². The average molecular weight is 1150 g/mol. The Morgan fingerprint density at radius 3 is 0.434 bits per heavy atom. The Bertz CT molecular complexity index is 1020. The summed E-state index contributed by atoms with van der Waals surface area (Å²) in [5.41, 5.74) is 0. The van der Waals surface area contributed by atoms with Crippen LogP contribution in [-0.2, 0) is 28.1 Å². The van der Waals surface area contributed by atoms with Crippen LogP contribution in [0.1, 0.15) is 439 Å². The molecular weight excluding hydrogens is 1000 g/mol. The summed E-state index contributed by atoms with van der Waals surface area (Å²) in [5, 5.41) is 0. The first-order valence-electron chi connectivity index (χ1n) is 36.7. The van der Waals surface area contributed by atoms with Crippen LogP contribution in [0.25, 0.3) is 0 Å². The molecule has 0 aliphatic rings. The molecule has 0 rings (SSSR count). The average Bonchev–Trinajstić information content (AvgIpc) is 3.43. The van der Waals surface area contributed by atoms with Crippen LogP contribution < -0.4 is 0 Å². The fourth-order valence-corrected chi connectivity index (χ4v) is 22.2. The summed E-state index contributed by atoms with van der Waals surface area (Å²) in [6.07, 6.45) is 87.7. The van der Waals surface area contributed by atoms with E-state index >= 15 is 2.81 Å². The number of unbranched alkanes of at least 4 members (excludes halogenated alkanes) is 60. The number of hydrogen-bond acceptors (Lipinski definition) is 3. The normalized spacial score (nSPS) is 12.2. The zero-order chi connectivity index (χ0) is 54.9. The van der Waals surface area contributed by atoms with Gasteiger partial charge in [-0.05, 0) is 0 Å². The minimum absolute atomic E-state index is 0.657. The van der Waals surface area contributed by atoms with Gasteiger partial charge in [-0.1, -0.05) is 169 Å². The standard InChI is InChI=1S/2C18H37O.2C18H37.O.Zr/c2*1-2-3-4-5-6-7-8-9-10-11-12-13-14-15-16-17-18-19;2*1-3-5-7-9-11-13-15-17-18-16-14-12-10-8-6-4-2;;/h2*2-18H2,1H3;2*1,3-18H2,2H3;;/q2*-1;;;;+2. The predicted octanol–water partition coefficient (Wildman–Crippen LogP) is 27.8. The van der Waals surface area contributed by atoms with Gasteiger partial charge in [0.15, 0.2) is 0 Å². The first-order valence-corrected chi connectivity index (χ1v) is 43.2. The van der Waals surface area contributed by atoms with E-state index < -0.39 is 19.7 Å². The maximum atomic E-state index is 15.9. The molecule has 0 aromatic carbocycles. The van der Waals surface area contributed by atoms with Crippen molar-refractivity contribution in [2.45, 2.75) is 447 Å². The summed E-state index contributed by atoms with van der Waals surface area (Å²) in [6, 6.07) is 0. The topological polar surface area (TPSA) is 35.5 Å². The Morgan fingerprint density at radius 1 is 0.171 bits per heavy atom. The van der Waals surface area contributed by atoms with Crippen LogP contribution in [0.5, 0.6) is 0 Å². The molecule has 0 saturated carbocycles. The van der Waals surface area contributed by atoms with E-state index in [1.54, 1.807) is 0 Å². The number of hydrogen-bond donors (Lipinski definition) is 0. The molecule has 0 spiro atoms. The van der Waals surface area contributed by atoms with Crippen LogP contribution in [0.15, 0.2) is 0 Å². The third-order valence-corrected chi connectivity index (χ3v) is 28.5. The van der Waals surface area contributed by atoms with Gasteiger partial charge in [-0.2, -0.15) is 0 Å². The molecule has 76 heavy (non-hydrogen) atoms. The Morgan fingerprint density at radius 2 is 0.289 bits per heavy atom. The Labute approximate surface area is 485 Å². The van der Waals surface area contributed by atoms with Crippen LogP contribution in [-0.4, -0.2) is 13.2 Å². The Balaban J connectivity index is 5.10. The van der Waals surface area contributed by atoms with Crippen molar-refractivity contribution in [2.24, 2.45) is 0 Å². The molecule has 0 unspecified atom stereocenters. The van der Waals surface area contributed by atoms with Crippen molar-refractivity contribution in [3.05, 3.63) is 0 Å². The second kappa shape index (κ2) is 64.8. The van der Waals surface area contributed by atoms with E-state index in [-0.39, 0.29) is 0 Å². The molecule has 0 aliphatic carbocycles. The Kier molecular flexibility index (Phi) is 65.3. The molecule has 0 amide bonds. The van der Waals surface area contributed by atoms with Crippen molar-refractivity contribution >= 4 is 0 Å². The zero-order valence-electron chi connectivity index (χ0n) is 53.8. The fourth-order valence-electron chi connectivity index (χ4n) is 12.4. The van der Waals surface area contributed by atoms with Crippen LogP contribution in [0.3, 0.4) is 0 Å². The molecule has 0 aromatic heterocycles. The van der Waals surface area contributed by atoms with Gasteiger partial charge in [-0.15, -0.1) is 0 Å². The summed E-state index contributed by atoms with van der Waals surface area (Å²) in [4.78, 5) is 0. The van der Waals surface area contributed by atoms with E-state index in [0.717, 1.165) is 33.9 Å². The van der Waals surface area contributed by atoms with Gasteiger partial charge in [0.05, 0.1) is 0 Å². The molecule has 0 N–H and O–H groups in total. The van der Waals surface area contributed by atoms with E-state index in [2.05, 4.69) is 27.7 Å². The molecular formula is C72H148O3Zr. The van der Waals surface area contributed by atoms with Crippen molar-refractivity contribution in [3.63, 3.8) is 0 Å². The fraction of sp³-hybridized carbons (Fsp3) is 1.00. The summed E-state index contributed by atoms with van der Waals surface area (Å²) in [7, 11) is 0. The zero-order valence-corrected chi connectivity index (χ0v) is 56.3. The molecule has 0 aliphatic heterocycles. The second-order valence-electron chi connectivity index (χ2n) is 25.8. The molecule has 0 saturated heterocycles. The van der Waals surface area contributed by atoms with Gasteiger partial charge in [-0.25, -0.2) is 0 Å². The molecule has 4 heteroatoms. The van der Waals surface area contributed by atoms with Crippen LogP contribution >= 0.6 is 0 Å². The number of rotatable bonds is 70. The summed E-state index contributed by atoms with van der Waals surface area (Å²) in [5.74, 6) is 0. The molecule has 0 aromatic rings. The third-order valence-electron chi connectivity index (χ3n) is 17.9. The van der Waals surface area contributed by atoms with E-state index in [4.69, 9.17) is 5.63 Å². The first kappa shape index (κ1) is 76.6. The summed E-state index contributed by atoms with van der Waals surface area (Å²) < 4.78 is 31.2. The van der Waals surface area contributed by atoms with Crippen molar-refractivity contribution in [1.82, 2.24) is 0 Å². The van der Waals surface area contributed by atoms with Gasteiger partial charge in [-0.3, -0.25) is 0 Å². The van der Waals surface area contributed by atoms with Gasteiger partial charge in [0.2, 0.25) is 0 Å². The van der Waals surface area contributed by atoms with Crippen LogP contribution in [0, 0.1) is 0 Å². The maximum absolute atomic E-state index is 15.9. The minimum atomic E-state index is -5.13.